The van der Waals surface area contributed by atoms with Crippen LogP contribution in [-0.2, 0) is 0 Å². The number of aryl methyl sites for hydroxylation is 1. The average molecular weight is 307 g/mol. The van der Waals surface area contributed by atoms with Gasteiger partial charge in [-0.05, 0) is 36.8 Å². The molecule has 2 aromatic carbocycles. The standard InChI is InChI=1S/C14H11ClN2O4/c1-8-7-9(18)5-6-11(8)16-14(19)10-3-2-4-12(13(10)15)17(20)21/h2-7,18H,1H3,(H,16,19). The van der Waals surface area contributed by atoms with E-state index in [0.29, 0.717) is 11.3 Å². The van der Waals surface area contributed by atoms with Gasteiger partial charge in [-0.15, -0.1) is 0 Å². The number of nitro groups is 1. The van der Waals surface area contributed by atoms with Crippen molar-refractivity contribution < 1.29 is 14.8 Å². The van der Waals surface area contributed by atoms with Crippen LogP contribution in [0.4, 0.5) is 11.4 Å². The van der Waals surface area contributed by atoms with Crippen LogP contribution < -0.4 is 5.32 Å². The van der Waals surface area contributed by atoms with Gasteiger partial charge in [-0.2, -0.15) is 0 Å². The maximum Gasteiger partial charge on any atom is 0.288 e. The monoisotopic (exact) mass is 306 g/mol. The molecule has 21 heavy (non-hydrogen) atoms. The van der Waals surface area contributed by atoms with Gasteiger partial charge in [0.1, 0.15) is 10.8 Å². The molecule has 0 aliphatic carbocycles. The summed E-state index contributed by atoms with van der Waals surface area (Å²) in [6.45, 7) is 1.71. The first-order chi connectivity index (χ1) is 9.90. The number of phenolic OH excluding ortho intramolecular Hbond substituents is 1. The molecule has 2 rings (SSSR count). The third-order valence-electron chi connectivity index (χ3n) is 2.88. The van der Waals surface area contributed by atoms with E-state index in [2.05, 4.69) is 5.32 Å². The van der Waals surface area contributed by atoms with E-state index in [9.17, 15) is 20.0 Å². The molecule has 7 heteroatoms. The van der Waals surface area contributed by atoms with Crippen molar-refractivity contribution in [1.82, 2.24) is 0 Å². The Morgan fingerprint density at radius 3 is 2.67 bits per heavy atom. The minimum atomic E-state index is -0.648. The van der Waals surface area contributed by atoms with Crippen LogP contribution in [0, 0.1) is 17.0 Å². The van der Waals surface area contributed by atoms with E-state index in [1.807, 2.05) is 0 Å². The van der Waals surface area contributed by atoms with Crippen LogP contribution in [0.1, 0.15) is 15.9 Å². The predicted octanol–water partition coefficient (Wildman–Crippen LogP) is 3.51. The number of benzene rings is 2. The summed E-state index contributed by atoms with van der Waals surface area (Å²) < 4.78 is 0. The third kappa shape index (κ3) is 3.11. The van der Waals surface area contributed by atoms with Crippen molar-refractivity contribution in [2.75, 3.05) is 5.32 Å². The molecule has 0 radical (unpaired) electrons. The Hall–Kier alpha value is -2.60. The highest BCUT2D eigenvalue weighted by Gasteiger charge is 2.20. The van der Waals surface area contributed by atoms with E-state index in [4.69, 9.17) is 11.6 Å². The van der Waals surface area contributed by atoms with Crippen LogP contribution in [0.2, 0.25) is 5.02 Å². The number of carbonyl (C=O) groups is 1. The molecule has 0 spiro atoms. The van der Waals surface area contributed by atoms with Gasteiger partial charge in [0.2, 0.25) is 0 Å². The molecule has 0 bridgehead atoms. The number of hydrogen-bond donors (Lipinski definition) is 2. The fourth-order valence-electron chi connectivity index (χ4n) is 1.81. The number of carbonyl (C=O) groups excluding carboxylic acids is 1. The predicted molar refractivity (Wildman–Crippen MR) is 78.9 cm³/mol. The summed E-state index contributed by atoms with van der Waals surface area (Å²) in [7, 11) is 0. The summed E-state index contributed by atoms with van der Waals surface area (Å²) in [4.78, 5) is 22.3. The molecule has 0 aliphatic heterocycles. The van der Waals surface area contributed by atoms with Gasteiger partial charge < -0.3 is 10.4 Å². The smallest absolute Gasteiger partial charge is 0.288 e. The molecule has 1 amide bonds. The Morgan fingerprint density at radius 1 is 1.33 bits per heavy atom. The second-order valence-corrected chi connectivity index (χ2v) is 4.73. The summed E-state index contributed by atoms with van der Waals surface area (Å²) in [5.41, 5.74) is 0.829. The number of hydrogen-bond acceptors (Lipinski definition) is 4. The van der Waals surface area contributed by atoms with E-state index in [-0.39, 0.29) is 22.0 Å². The first kappa shape index (κ1) is 14.8. The maximum absolute atomic E-state index is 12.2. The molecule has 2 N–H and O–H groups in total. The van der Waals surface area contributed by atoms with Crippen molar-refractivity contribution in [3.63, 3.8) is 0 Å². The van der Waals surface area contributed by atoms with Crippen molar-refractivity contribution >= 4 is 28.9 Å². The van der Waals surface area contributed by atoms with E-state index >= 15 is 0 Å². The molecular weight excluding hydrogens is 296 g/mol. The first-order valence-electron chi connectivity index (χ1n) is 5.94. The van der Waals surface area contributed by atoms with Crippen LogP contribution in [0.5, 0.6) is 5.75 Å². The molecule has 0 aliphatic rings. The number of rotatable bonds is 3. The van der Waals surface area contributed by atoms with E-state index in [1.165, 1.54) is 36.4 Å². The Balaban J connectivity index is 2.33. The highest BCUT2D eigenvalue weighted by molar-refractivity contribution is 6.36. The van der Waals surface area contributed by atoms with Gasteiger partial charge in [0, 0.05) is 11.8 Å². The van der Waals surface area contributed by atoms with Crippen molar-refractivity contribution in [1.29, 1.82) is 0 Å². The van der Waals surface area contributed by atoms with Crippen LogP contribution in [0.3, 0.4) is 0 Å². The number of phenols is 1. The summed E-state index contributed by atoms with van der Waals surface area (Å²) in [6.07, 6.45) is 0. The number of nitrogens with one attached hydrogen (secondary N) is 1. The molecule has 6 nitrogen and oxygen atoms in total. The lowest BCUT2D eigenvalue weighted by molar-refractivity contribution is -0.384. The Bertz CT molecular complexity index is 731. The average Bonchev–Trinajstić information content (AvgIpc) is 2.41. The zero-order chi connectivity index (χ0) is 15.6. The van der Waals surface area contributed by atoms with Crippen LogP contribution in [0.25, 0.3) is 0 Å². The molecule has 0 saturated heterocycles. The molecule has 0 saturated carbocycles. The molecule has 2 aromatic rings. The normalized spacial score (nSPS) is 10.2. The van der Waals surface area contributed by atoms with Crippen molar-refractivity contribution in [2.45, 2.75) is 6.92 Å². The topological polar surface area (TPSA) is 92.5 Å². The van der Waals surface area contributed by atoms with Gasteiger partial charge in [0.15, 0.2) is 0 Å². The quantitative estimate of drug-likeness (QED) is 0.515. The fourth-order valence-corrected chi connectivity index (χ4v) is 2.09. The lowest BCUT2D eigenvalue weighted by Gasteiger charge is -2.09. The molecule has 0 atom stereocenters. The second-order valence-electron chi connectivity index (χ2n) is 4.35. The molecule has 108 valence electrons. The highest BCUT2D eigenvalue weighted by Crippen LogP contribution is 2.29. The molecule has 0 fully saturated rings. The number of nitrogens with zero attached hydrogens (tertiary/aromatic N) is 1. The fraction of sp³-hybridized carbons (Fsp3) is 0.0714. The Kier molecular flexibility index (Phi) is 4.09. The van der Waals surface area contributed by atoms with Gasteiger partial charge in [-0.1, -0.05) is 17.7 Å². The van der Waals surface area contributed by atoms with Crippen LogP contribution in [0.15, 0.2) is 36.4 Å². The van der Waals surface area contributed by atoms with Gasteiger partial charge in [0.05, 0.1) is 10.5 Å². The molecule has 0 unspecified atom stereocenters. The van der Waals surface area contributed by atoms with Crippen molar-refractivity contribution in [3.05, 3.63) is 62.7 Å². The van der Waals surface area contributed by atoms with Gasteiger partial charge >= 0.3 is 0 Å². The summed E-state index contributed by atoms with van der Waals surface area (Å²) >= 11 is 5.89. The van der Waals surface area contributed by atoms with Crippen molar-refractivity contribution in [2.24, 2.45) is 0 Å². The summed E-state index contributed by atoms with van der Waals surface area (Å²) in [6, 6.07) is 8.48. The lowest BCUT2D eigenvalue weighted by Crippen LogP contribution is -2.13. The van der Waals surface area contributed by atoms with Gasteiger partial charge in [0.25, 0.3) is 11.6 Å². The van der Waals surface area contributed by atoms with Crippen LogP contribution >= 0.6 is 11.6 Å². The molecule has 0 heterocycles. The Labute approximate surface area is 125 Å². The van der Waals surface area contributed by atoms with E-state index in [1.54, 1.807) is 6.92 Å². The second kappa shape index (κ2) is 5.80. The van der Waals surface area contributed by atoms with E-state index < -0.39 is 10.8 Å². The molecule has 0 aromatic heterocycles. The maximum atomic E-state index is 12.2. The first-order valence-corrected chi connectivity index (χ1v) is 6.32. The van der Waals surface area contributed by atoms with Crippen molar-refractivity contribution in [3.8, 4) is 5.75 Å². The summed E-state index contributed by atoms with van der Waals surface area (Å²) in [5.74, 6) is -0.476. The minimum absolute atomic E-state index is 0.0124. The Morgan fingerprint density at radius 2 is 2.05 bits per heavy atom. The number of amides is 1. The minimum Gasteiger partial charge on any atom is -0.508 e. The number of aromatic hydroxyl groups is 1. The van der Waals surface area contributed by atoms with Crippen LogP contribution in [-0.4, -0.2) is 15.9 Å². The van der Waals surface area contributed by atoms with Gasteiger partial charge in [-0.25, -0.2) is 0 Å². The SMILES string of the molecule is Cc1cc(O)ccc1NC(=O)c1cccc([N+](=O)[O-])c1Cl. The van der Waals surface area contributed by atoms with E-state index in [0.717, 1.165) is 0 Å². The lowest BCUT2D eigenvalue weighted by atomic mass is 10.1. The number of anilines is 1. The number of halogens is 1. The highest BCUT2D eigenvalue weighted by atomic mass is 35.5. The molecular formula is C14H11ClN2O4. The zero-order valence-electron chi connectivity index (χ0n) is 11.0. The third-order valence-corrected chi connectivity index (χ3v) is 3.28. The summed E-state index contributed by atoms with van der Waals surface area (Å²) in [5, 5.41) is 22.5. The van der Waals surface area contributed by atoms with Gasteiger partial charge in [-0.3, -0.25) is 14.9 Å². The largest absolute Gasteiger partial charge is 0.508 e. The number of nitro benzene ring substituents is 1. The zero-order valence-corrected chi connectivity index (χ0v) is 11.7.